The summed E-state index contributed by atoms with van der Waals surface area (Å²) in [5.74, 6) is 0.0714. The first-order valence-electron chi connectivity index (χ1n) is 13.0. The van der Waals surface area contributed by atoms with Crippen LogP contribution in [-0.4, -0.2) is 37.3 Å². The monoisotopic (exact) mass is 444 g/mol. The molecule has 0 rings (SSSR count). The van der Waals surface area contributed by atoms with Gasteiger partial charge in [-0.05, 0) is 36.9 Å². The molecule has 0 aromatic carbocycles. The first-order valence-corrected chi connectivity index (χ1v) is 15.9. The highest BCUT2D eigenvalue weighted by Gasteiger charge is 2.37. The van der Waals surface area contributed by atoms with E-state index in [0.717, 1.165) is 12.8 Å². The fourth-order valence-corrected chi connectivity index (χ4v) is 4.69. The molecule has 0 aliphatic heterocycles. The van der Waals surface area contributed by atoms with Gasteiger partial charge in [0.2, 0.25) is 0 Å². The highest BCUT2D eigenvalue weighted by molar-refractivity contribution is 6.74. The molecule has 0 aliphatic carbocycles. The van der Waals surface area contributed by atoms with Crippen molar-refractivity contribution in [2.24, 2.45) is 5.92 Å². The zero-order valence-electron chi connectivity index (χ0n) is 21.6. The maximum atomic E-state index is 10.5. The molecule has 0 aliphatic rings. The van der Waals surface area contributed by atoms with Gasteiger partial charge in [0.05, 0.1) is 12.2 Å². The third-order valence-electron chi connectivity index (χ3n) is 7.17. The second-order valence-corrected chi connectivity index (χ2v) is 15.9. The van der Waals surface area contributed by atoms with Crippen molar-refractivity contribution in [1.82, 2.24) is 0 Å². The van der Waals surface area contributed by atoms with E-state index in [1.807, 2.05) is 6.92 Å². The Morgan fingerprint density at radius 3 is 1.60 bits per heavy atom. The molecule has 0 aromatic heterocycles. The van der Waals surface area contributed by atoms with Gasteiger partial charge in [-0.15, -0.1) is 0 Å². The number of rotatable bonds is 19. The van der Waals surface area contributed by atoms with Gasteiger partial charge in [-0.3, -0.25) is 0 Å². The number of unbranched alkanes of at least 4 members (excludes halogenated alkanes) is 11. The van der Waals surface area contributed by atoms with Gasteiger partial charge in [0.15, 0.2) is 8.32 Å². The molecule has 4 heteroatoms. The van der Waals surface area contributed by atoms with Crippen molar-refractivity contribution in [2.75, 3.05) is 6.61 Å². The van der Waals surface area contributed by atoms with Crippen molar-refractivity contribution in [2.45, 2.75) is 155 Å². The van der Waals surface area contributed by atoms with Gasteiger partial charge in [-0.2, -0.15) is 0 Å². The lowest BCUT2D eigenvalue weighted by molar-refractivity contribution is -0.0225. The summed E-state index contributed by atoms with van der Waals surface area (Å²) < 4.78 is 6.22. The van der Waals surface area contributed by atoms with Crippen molar-refractivity contribution in [3.63, 3.8) is 0 Å². The molecular weight excluding hydrogens is 388 g/mol. The average molecular weight is 445 g/mol. The molecule has 2 N–H and O–H groups in total. The molecule has 0 amide bonds. The van der Waals surface area contributed by atoms with Crippen LogP contribution in [0.25, 0.3) is 0 Å². The molecule has 0 bridgehead atoms. The molecule has 0 fully saturated rings. The lowest BCUT2D eigenvalue weighted by Gasteiger charge is -2.36. The van der Waals surface area contributed by atoms with Crippen LogP contribution in [0, 0.1) is 5.92 Å². The standard InChI is InChI=1S/C26H56O3Si/c1-8-9-10-11-12-13-14-15-16-17-18-19-20-24(27)25(28)23(2)21-22-29-30(6,7)26(3,4)5/h23-25,27-28H,8-22H2,1-7H3/t23-,24?,25+/m0/s1. The summed E-state index contributed by atoms with van der Waals surface area (Å²) in [7, 11) is -1.73. The molecular formula is C26H56O3Si. The van der Waals surface area contributed by atoms with E-state index in [1.54, 1.807) is 0 Å². The minimum absolute atomic E-state index is 0.0714. The van der Waals surface area contributed by atoms with Crippen molar-refractivity contribution in [3.05, 3.63) is 0 Å². The van der Waals surface area contributed by atoms with Gasteiger partial charge in [-0.25, -0.2) is 0 Å². The van der Waals surface area contributed by atoms with Crippen molar-refractivity contribution < 1.29 is 14.6 Å². The van der Waals surface area contributed by atoms with E-state index in [4.69, 9.17) is 4.43 Å². The Bertz CT molecular complexity index is 392. The van der Waals surface area contributed by atoms with Crippen LogP contribution in [0.2, 0.25) is 18.1 Å². The van der Waals surface area contributed by atoms with Crippen LogP contribution in [-0.2, 0) is 4.43 Å². The quantitative estimate of drug-likeness (QED) is 0.157. The Labute approximate surface area is 190 Å². The van der Waals surface area contributed by atoms with E-state index < -0.39 is 20.5 Å². The van der Waals surface area contributed by atoms with E-state index in [9.17, 15) is 10.2 Å². The maximum absolute atomic E-state index is 10.5. The summed E-state index contributed by atoms with van der Waals surface area (Å²) in [6, 6.07) is 0. The Hall–Kier alpha value is 0.0969. The first-order chi connectivity index (χ1) is 14.0. The first kappa shape index (κ1) is 30.1. The van der Waals surface area contributed by atoms with Gasteiger partial charge in [0.1, 0.15) is 0 Å². The van der Waals surface area contributed by atoms with E-state index >= 15 is 0 Å². The van der Waals surface area contributed by atoms with Crippen LogP contribution in [0.1, 0.15) is 125 Å². The second kappa shape index (κ2) is 16.7. The lowest BCUT2D eigenvalue weighted by Crippen LogP contribution is -2.41. The Morgan fingerprint density at radius 2 is 1.17 bits per heavy atom. The minimum Gasteiger partial charge on any atom is -0.417 e. The topological polar surface area (TPSA) is 49.7 Å². The SMILES string of the molecule is CCCCCCCCCCCCCCC(O)[C@H](O)[C@@H](C)CCO[Si](C)(C)C(C)(C)C. The lowest BCUT2D eigenvalue weighted by atomic mass is 9.93. The number of hydrogen-bond donors (Lipinski definition) is 2. The summed E-state index contributed by atoms with van der Waals surface area (Å²) >= 11 is 0. The Balaban J connectivity index is 3.72. The molecule has 3 nitrogen and oxygen atoms in total. The zero-order chi connectivity index (χ0) is 23.0. The largest absolute Gasteiger partial charge is 0.417 e. The van der Waals surface area contributed by atoms with Crippen molar-refractivity contribution >= 4 is 8.32 Å². The summed E-state index contributed by atoms with van der Waals surface area (Å²) in [6.07, 6.45) is 16.1. The van der Waals surface area contributed by atoms with Gasteiger partial charge in [-0.1, -0.05) is 112 Å². The molecule has 30 heavy (non-hydrogen) atoms. The maximum Gasteiger partial charge on any atom is 0.191 e. The van der Waals surface area contributed by atoms with Gasteiger partial charge >= 0.3 is 0 Å². The number of aliphatic hydroxyl groups is 2. The molecule has 3 atom stereocenters. The normalized spacial score (nSPS) is 15.9. The molecule has 0 saturated carbocycles. The second-order valence-electron chi connectivity index (χ2n) is 11.1. The van der Waals surface area contributed by atoms with Crippen molar-refractivity contribution in [1.29, 1.82) is 0 Å². The number of aliphatic hydroxyl groups excluding tert-OH is 2. The van der Waals surface area contributed by atoms with Crippen LogP contribution < -0.4 is 0 Å². The molecule has 0 spiro atoms. The average Bonchev–Trinajstić information content (AvgIpc) is 2.66. The molecule has 1 unspecified atom stereocenters. The van der Waals surface area contributed by atoms with E-state index in [-0.39, 0.29) is 11.0 Å². The van der Waals surface area contributed by atoms with Crippen molar-refractivity contribution in [3.8, 4) is 0 Å². The highest BCUT2D eigenvalue weighted by atomic mass is 28.4. The van der Waals surface area contributed by atoms with Crippen LogP contribution in [0.3, 0.4) is 0 Å². The molecule has 0 heterocycles. The fourth-order valence-electron chi connectivity index (χ4n) is 3.63. The minimum atomic E-state index is -1.73. The van der Waals surface area contributed by atoms with Gasteiger partial charge in [0.25, 0.3) is 0 Å². The van der Waals surface area contributed by atoms with Crippen LogP contribution >= 0.6 is 0 Å². The molecule has 0 aromatic rings. The smallest absolute Gasteiger partial charge is 0.191 e. The zero-order valence-corrected chi connectivity index (χ0v) is 22.6. The predicted molar refractivity (Wildman–Crippen MR) is 135 cm³/mol. The fraction of sp³-hybridized carbons (Fsp3) is 1.00. The van der Waals surface area contributed by atoms with E-state index in [1.165, 1.54) is 70.6 Å². The van der Waals surface area contributed by atoms with Crippen LogP contribution in [0.4, 0.5) is 0 Å². The molecule has 182 valence electrons. The number of hydrogen-bond acceptors (Lipinski definition) is 3. The van der Waals surface area contributed by atoms with Gasteiger partial charge in [0, 0.05) is 6.61 Å². The Kier molecular flexibility index (Phi) is 16.7. The third kappa shape index (κ3) is 14.2. The summed E-state index contributed by atoms with van der Waals surface area (Å²) in [4.78, 5) is 0. The van der Waals surface area contributed by atoms with Crippen LogP contribution in [0.5, 0.6) is 0 Å². The summed E-state index contributed by atoms with van der Waals surface area (Å²) in [5.41, 5.74) is 0. The van der Waals surface area contributed by atoms with E-state index in [2.05, 4.69) is 40.8 Å². The van der Waals surface area contributed by atoms with Gasteiger partial charge < -0.3 is 14.6 Å². The molecule has 0 saturated heterocycles. The van der Waals surface area contributed by atoms with E-state index in [0.29, 0.717) is 13.0 Å². The molecule has 0 radical (unpaired) electrons. The summed E-state index contributed by atoms with van der Waals surface area (Å²) in [5, 5.41) is 21.0. The summed E-state index contributed by atoms with van der Waals surface area (Å²) in [6.45, 7) is 16.2. The third-order valence-corrected chi connectivity index (χ3v) is 11.7. The van der Waals surface area contributed by atoms with Crippen LogP contribution in [0.15, 0.2) is 0 Å². The Morgan fingerprint density at radius 1 is 0.733 bits per heavy atom. The predicted octanol–water partition coefficient (Wildman–Crippen LogP) is 7.85. The highest BCUT2D eigenvalue weighted by Crippen LogP contribution is 2.36.